The van der Waals surface area contributed by atoms with E-state index in [1.807, 2.05) is 11.8 Å². The molecule has 0 aliphatic carbocycles. The van der Waals surface area contributed by atoms with Crippen molar-refractivity contribution in [1.82, 2.24) is 10.2 Å². The van der Waals surface area contributed by atoms with Gasteiger partial charge in [0.05, 0.1) is 16.8 Å². The maximum atomic E-state index is 13.2. The van der Waals surface area contributed by atoms with Crippen LogP contribution in [0.15, 0.2) is 18.2 Å². The molecule has 0 radical (unpaired) electrons. The Morgan fingerprint density at radius 3 is 2.33 bits per heavy atom. The largest absolute Gasteiger partial charge is 0.367 e. The second-order valence-electron chi connectivity index (χ2n) is 6.83. The Morgan fingerprint density at radius 2 is 1.79 bits per heavy atom. The van der Waals surface area contributed by atoms with Crippen molar-refractivity contribution in [2.75, 3.05) is 31.1 Å². The molecule has 1 aromatic carbocycles. The minimum Gasteiger partial charge on any atom is -0.367 e. The minimum atomic E-state index is -0.336. The number of piperazine rings is 1. The first-order valence-corrected chi connectivity index (χ1v) is 8.92. The molecular formula is C18H27ClFN3O. The molecule has 0 spiro atoms. The van der Waals surface area contributed by atoms with Crippen molar-refractivity contribution in [3.05, 3.63) is 29.0 Å². The highest BCUT2D eigenvalue weighted by Gasteiger charge is 2.26. The summed E-state index contributed by atoms with van der Waals surface area (Å²) in [6.07, 6.45) is 0. The average Bonchev–Trinajstić information content (AvgIpc) is 2.54. The highest BCUT2D eigenvalue weighted by atomic mass is 35.5. The third kappa shape index (κ3) is 4.61. The number of rotatable bonds is 5. The Bertz CT molecular complexity index is 573. The highest BCUT2D eigenvalue weighted by Crippen LogP contribution is 2.27. The topological polar surface area (TPSA) is 35.6 Å². The molecule has 1 amide bonds. The lowest BCUT2D eigenvalue weighted by molar-refractivity contribution is -0.133. The predicted molar refractivity (Wildman–Crippen MR) is 97.1 cm³/mol. The molecule has 1 fully saturated rings. The summed E-state index contributed by atoms with van der Waals surface area (Å²) in [6.45, 7) is 11.0. The Morgan fingerprint density at radius 1 is 1.17 bits per heavy atom. The molecule has 0 saturated carbocycles. The summed E-state index contributed by atoms with van der Waals surface area (Å²) >= 11 is 6.13. The summed E-state index contributed by atoms with van der Waals surface area (Å²) in [5, 5.41) is 3.78. The fourth-order valence-electron chi connectivity index (χ4n) is 2.84. The molecule has 2 rings (SSSR count). The fraction of sp³-hybridized carbons (Fsp3) is 0.611. The van der Waals surface area contributed by atoms with Gasteiger partial charge in [-0.05, 0) is 38.0 Å². The third-order valence-corrected chi connectivity index (χ3v) is 5.03. The molecule has 1 N–H and O–H groups in total. The van der Waals surface area contributed by atoms with Crippen LogP contribution in [0.2, 0.25) is 5.02 Å². The number of hydrogen-bond donors (Lipinski definition) is 1. The van der Waals surface area contributed by atoms with Gasteiger partial charge in [-0.2, -0.15) is 0 Å². The van der Waals surface area contributed by atoms with E-state index in [1.54, 1.807) is 6.07 Å². The molecule has 0 aromatic heterocycles. The quantitative estimate of drug-likeness (QED) is 0.881. The number of anilines is 1. The predicted octanol–water partition coefficient (Wildman–Crippen LogP) is 3.15. The number of carbonyl (C=O) groups excluding carboxylic acids is 1. The zero-order valence-corrected chi connectivity index (χ0v) is 15.6. The summed E-state index contributed by atoms with van der Waals surface area (Å²) in [4.78, 5) is 16.6. The summed E-state index contributed by atoms with van der Waals surface area (Å²) < 4.78 is 13.2. The first-order chi connectivity index (χ1) is 11.3. The van der Waals surface area contributed by atoms with Crippen LogP contribution in [0.3, 0.4) is 0 Å². The summed E-state index contributed by atoms with van der Waals surface area (Å²) in [7, 11) is 0. The van der Waals surface area contributed by atoms with E-state index in [4.69, 9.17) is 11.6 Å². The zero-order chi connectivity index (χ0) is 17.9. The van der Waals surface area contributed by atoms with Gasteiger partial charge in [-0.15, -0.1) is 0 Å². The second-order valence-corrected chi connectivity index (χ2v) is 7.24. The maximum Gasteiger partial charge on any atom is 0.239 e. The molecule has 24 heavy (non-hydrogen) atoms. The first-order valence-electron chi connectivity index (χ1n) is 8.54. The molecule has 1 aromatic rings. The van der Waals surface area contributed by atoms with Crippen LogP contribution in [0, 0.1) is 11.7 Å². The van der Waals surface area contributed by atoms with Crippen LogP contribution in [0.5, 0.6) is 0 Å². The highest BCUT2D eigenvalue weighted by molar-refractivity contribution is 6.33. The van der Waals surface area contributed by atoms with E-state index in [0.29, 0.717) is 43.2 Å². The van der Waals surface area contributed by atoms with Crippen LogP contribution < -0.4 is 10.2 Å². The average molecular weight is 356 g/mol. The van der Waals surface area contributed by atoms with E-state index in [1.165, 1.54) is 12.1 Å². The molecule has 1 aliphatic heterocycles. The molecule has 0 bridgehead atoms. The number of nitrogens with one attached hydrogen (secondary N) is 1. The zero-order valence-electron chi connectivity index (χ0n) is 14.9. The van der Waals surface area contributed by atoms with Crippen LogP contribution >= 0.6 is 11.6 Å². The minimum absolute atomic E-state index is 0.132. The van der Waals surface area contributed by atoms with Crippen molar-refractivity contribution in [1.29, 1.82) is 0 Å². The van der Waals surface area contributed by atoms with Gasteiger partial charge in [-0.1, -0.05) is 25.4 Å². The van der Waals surface area contributed by atoms with Crippen molar-refractivity contribution in [3.63, 3.8) is 0 Å². The Balaban J connectivity index is 1.91. The van der Waals surface area contributed by atoms with Crippen molar-refractivity contribution in [2.45, 2.75) is 39.8 Å². The van der Waals surface area contributed by atoms with Gasteiger partial charge in [0.1, 0.15) is 5.82 Å². The van der Waals surface area contributed by atoms with Gasteiger partial charge in [-0.25, -0.2) is 4.39 Å². The van der Waals surface area contributed by atoms with E-state index in [-0.39, 0.29) is 17.8 Å². The Hall–Kier alpha value is -1.33. The van der Waals surface area contributed by atoms with Gasteiger partial charge < -0.3 is 15.1 Å². The first kappa shape index (κ1) is 19.0. The van der Waals surface area contributed by atoms with Crippen LogP contribution in [0.1, 0.15) is 27.7 Å². The van der Waals surface area contributed by atoms with Gasteiger partial charge in [0.2, 0.25) is 5.91 Å². The molecular weight excluding hydrogens is 329 g/mol. The Labute approximate surface area is 149 Å². The number of carbonyl (C=O) groups is 1. The van der Waals surface area contributed by atoms with Crippen LogP contribution in [0.4, 0.5) is 10.1 Å². The summed E-state index contributed by atoms with van der Waals surface area (Å²) in [5.41, 5.74) is 0.824. The van der Waals surface area contributed by atoms with Gasteiger partial charge >= 0.3 is 0 Å². The molecule has 6 heteroatoms. The lowest BCUT2D eigenvalue weighted by Gasteiger charge is -2.38. The number of halogens is 2. The number of benzene rings is 1. The van der Waals surface area contributed by atoms with Gasteiger partial charge in [0.25, 0.3) is 0 Å². The molecule has 1 saturated heterocycles. The van der Waals surface area contributed by atoms with E-state index >= 15 is 0 Å². The standard InChI is InChI=1S/C18H27ClFN3O/c1-12(2)13(3)21-14(4)18(24)23-9-7-22(8-10-23)17-6-5-15(20)11-16(17)19/h5-6,11-14,21H,7-10H2,1-4H3/t13-,14-/m0/s1. The smallest absolute Gasteiger partial charge is 0.239 e. The summed E-state index contributed by atoms with van der Waals surface area (Å²) in [6, 6.07) is 4.54. The fourth-order valence-corrected chi connectivity index (χ4v) is 3.12. The number of nitrogens with zero attached hydrogens (tertiary/aromatic N) is 2. The number of amides is 1. The monoisotopic (exact) mass is 355 g/mol. The SMILES string of the molecule is CC(C)[C@H](C)N[C@@H](C)C(=O)N1CCN(c2ccc(F)cc2Cl)CC1. The van der Waals surface area contributed by atoms with Crippen LogP contribution in [-0.2, 0) is 4.79 Å². The normalized spacial score (nSPS) is 18.0. The molecule has 0 unspecified atom stereocenters. The summed E-state index contributed by atoms with van der Waals surface area (Å²) in [5.74, 6) is 0.279. The van der Waals surface area contributed by atoms with Gasteiger partial charge in [0, 0.05) is 32.2 Å². The lowest BCUT2D eigenvalue weighted by Crippen LogP contribution is -2.55. The van der Waals surface area contributed by atoms with Crippen LogP contribution in [0.25, 0.3) is 0 Å². The van der Waals surface area contributed by atoms with Crippen molar-refractivity contribution in [2.24, 2.45) is 5.92 Å². The lowest BCUT2D eigenvalue weighted by atomic mass is 10.1. The van der Waals surface area contributed by atoms with Crippen molar-refractivity contribution < 1.29 is 9.18 Å². The van der Waals surface area contributed by atoms with E-state index in [0.717, 1.165) is 5.69 Å². The molecule has 1 aliphatic rings. The molecule has 4 nitrogen and oxygen atoms in total. The van der Waals surface area contributed by atoms with Crippen molar-refractivity contribution >= 4 is 23.2 Å². The van der Waals surface area contributed by atoms with E-state index in [2.05, 4.69) is 31.0 Å². The van der Waals surface area contributed by atoms with E-state index < -0.39 is 0 Å². The molecule has 1 heterocycles. The van der Waals surface area contributed by atoms with E-state index in [9.17, 15) is 9.18 Å². The van der Waals surface area contributed by atoms with Gasteiger partial charge in [-0.3, -0.25) is 4.79 Å². The Kier molecular flexibility index (Phi) is 6.47. The van der Waals surface area contributed by atoms with Gasteiger partial charge in [0.15, 0.2) is 0 Å². The van der Waals surface area contributed by atoms with Crippen molar-refractivity contribution in [3.8, 4) is 0 Å². The van der Waals surface area contributed by atoms with Crippen LogP contribution in [-0.4, -0.2) is 49.1 Å². The number of hydrogen-bond acceptors (Lipinski definition) is 3. The third-order valence-electron chi connectivity index (χ3n) is 4.73. The molecule has 134 valence electrons. The molecule has 2 atom stereocenters. The second kappa shape index (κ2) is 8.17. The maximum absolute atomic E-state index is 13.2.